The van der Waals surface area contributed by atoms with Crippen LogP contribution in [0.15, 0.2) is 47.5 Å². The number of piperazine rings is 1. The molecule has 0 atom stereocenters. The number of nitrogens with zero attached hydrogens (tertiary/aromatic N) is 3. The average Bonchev–Trinajstić information content (AvgIpc) is 2.78. The van der Waals surface area contributed by atoms with Crippen LogP contribution in [0.4, 0.5) is 11.4 Å². The number of amides is 1. The number of nitrogens with two attached hydrogens (primary N) is 1. The Labute approximate surface area is 187 Å². The lowest BCUT2D eigenvalue weighted by molar-refractivity contribution is 0.0747. The lowest BCUT2D eigenvalue weighted by Crippen LogP contribution is -2.48. The highest BCUT2D eigenvalue weighted by molar-refractivity contribution is 6.33. The Morgan fingerprint density at radius 2 is 1.83 bits per heavy atom. The van der Waals surface area contributed by atoms with Crippen LogP contribution in [-0.2, 0) is 0 Å². The number of aliphatic imine (C=N–C) groups is 1. The summed E-state index contributed by atoms with van der Waals surface area (Å²) in [6.45, 7) is 5.39. The molecule has 1 heterocycles. The summed E-state index contributed by atoms with van der Waals surface area (Å²) in [5.41, 5.74) is 7.94. The molecule has 2 aromatic carbocycles. The topological polar surface area (TPSA) is 71.2 Å². The monoisotopic (exact) mass is 448 g/mol. The van der Waals surface area contributed by atoms with Crippen LogP contribution in [0.3, 0.4) is 0 Å². The number of halogens is 2. The van der Waals surface area contributed by atoms with Gasteiger partial charge in [0.2, 0.25) is 0 Å². The third kappa shape index (κ3) is 5.58. The second-order valence-corrected chi connectivity index (χ2v) is 7.70. The molecule has 6 nitrogen and oxygen atoms in total. The molecule has 0 radical (unpaired) electrons. The second kappa shape index (κ2) is 10.5. The largest absolute Gasteiger partial charge is 0.494 e. The third-order valence-corrected chi connectivity index (χ3v) is 5.40. The summed E-state index contributed by atoms with van der Waals surface area (Å²) in [6, 6.07) is 12.9. The molecule has 8 heteroatoms. The number of hydrogen-bond donors (Lipinski definition) is 1. The number of amidine groups is 1. The van der Waals surface area contributed by atoms with Crippen molar-refractivity contribution in [1.29, 1.82) is 0 Å². The van der Waals surface area contributed by atoms with Crippen LogP contribution in [-0.4, -0.2) is 55.3 Å². The van der Waals surface area contributed by atoms with Crippen LogP contribution >= 0.6 is 23.2 Å². The summed E-state index contributed by atoms with van der Waals surface area (Å²) in [5, 5.41) is 0.598. The van der Waals surface area contributed by atoms with Crippen molar-refractivity contribution in [2.45, 2.75) is 13.3 Å². The van der Waals surface area contributed by atoms with Gasteiger partial charge in [-0.2, -0.15) is 0 Å². The molecular formula is C22H26Cl2N4O2. The molecule has 0 saturated carbocycles. The van der Waals surface area contributed by atoms with Gasteiger partial charge in [-0.1, -0.05) is 18.5 Å². The minimum atomic E-state index is 0.0315. The predicted molar refractivity (Wildman–Crippen MR) is 124 cm³/mol. The number of alkyl halides is 1. The first-order valence-corrected chi connectivity index (χ1v) is 10.9. The van der Waals surface area contributed by atoms with E-state index in [1.165, 1.54) is 0 Å². The van der Waals surface area contributed by atoms with Gasteiger partial charge in [-0.25, -0.2) is 4.99 Å². The standard InChI is InChI=1S/C22H26Cl2N4O2/c1-2-13-30-18-6-3-16(4-7-18)22(29)28-11-9-27(10-12-28)20-8-5-17(14-19(20)24)26-21(25)15-23/h3-8,14H,2,9-13,15H2,1H3,(H2,25,26). The van der Waals surface area contributed by atoms with Crippen LogP contribution in [0.2, 0.25) is 5.02 Å². The van der Waals surface area contributed by atoms with E-state index in [9.17, 15) is 4.79 Å². The van der Waals surface area contributed by atoms with E-state index in [4.69, 9.17) is 33.7 Å². The van der Waals surface area contributed by atoms with E-state index in [1.807, 2.05) is 41.3 Å². The van der Waals surface area contributed by atoms with Crippen LogP contribution in [0.1, 0.15) is 23.7 Å². The van der Waals surface area contributed by atoms with Gasteiger partial charge in [0, 0.05) is 31.7 Å². The molecule has 0 unspecified atom stereocenters. The molecule has 1 amide bonds. The van der Waals surface area contributed by atoms with Crippen molar-refractivity contribution in [3.05, 3.63) is 53.1 Å². The fraction of sp³-hybridized carbons (Fsp3) is 0.364. The smallest absolute Gasteiger partial charge is 0.253 e. The zero-order chi connectivity index (χ0) is 21.5. The van der Waals surface area contributed by atoms with Gasteiger partial charge in [0.05, 0.1) is 28.9 Å². The van der Waals surface area contributed by atoms with Crippen molar-refractivity contribution in [2.75, 3.05) is 43.6 Å². The maximum absolute atomic E-state index is 12.8. The van der Waals surface area contributed by atoms with E-state index in [1.54, 1.807) is 6.07 Å². The summed E-state index contributed by atoms with van der Waals surface area (Å²) in [7, 11) is 0. The lowest BCUT2D eigenvalue weighted by Gasteiger charge is -2.36. The average molecular weight is 449 g/mol. The van der Waals surface area contributed by atoms with Gasteiger partial charge in [-0.05, 0) is 48.9 Å². The van der Waals surface area contributed by atoms with Gasteiger partial charge in [-0.3, -0.25) is 4.79 Å². The molecule has 0 bridgehead atoms. The number of anilines is 1. The van der Waals surface area contributed by atoms with E-state index in [-0.39, 0.29) is 11.8 Å². The summed E-state index contributed by atoms with van der Waals surface area (Å²) in [5.74, 6) is 1.33. The maximum Gasteiger partial charge on any atom is 0.253 e. The normalized spacial score (nSPS) is 14.7. The molecular weight excluding hydrogens is 423 g/mol. The highest BCUT2D eigenvalue weighted by Crippen LogP contribution is 2.31. The number of carbonyl (C=O) groups excluding carboxylic acids is 1. The zero-order valence-electron chi connectivity index (χ0n) is 17.0. The fourth-order valence-corrected chi connectivity index (χ4v) is 3.62. The van der Waals surface area contributed by atoms with Crippen molar-refractivity contribution in [3.63, 3.8) is 0 Å². The van der Waals surface area contributed by atoms with E-state index in [0.29, 0.717) is 54.9 Å². The SMILES string of the molecule is CCCOc1ccc(C(=O)N2CCN(c3ccc(N=C(N)CCl)cc3Cl)CC2)cc1. The number of rotatable bonds is 7. The van der Waals surface area contributed by atoms with Gasteiger partial charge in [0.1, 0.15) is 11.6 Å². The Hall–Kier alpha value is -2.44. The Balaban J connectivity index is 1.60. The molecule has 1 fully saturated rings. The van der Waals surface area contributed by atoms with Gasteiger partial charge in [0.15, 0.2) is 0 Å². The van der Waals surface area contributed by atoms with Crippen LogP contribution in [0.25, 0.3) is 0 Å². The molecule has 0 aliphatic carbocycles. The quantitative estimate of drug-likeness (QED) is 0.388. The van der Waals surface area contributed by atoms with Crippen molar-refractivity contribution in [2.24, 2.45) is 10.7 Å². The molecule has 160 valence electrons. The van der Waals surface area contributed by atoms with Crippen molar-refractivity contribution < 1.29 is 9.53 Å². The van der Waals surface area contributed by atoms with Gasteiger partial charge in [-0.15, -0.1) is 11.6 Å². The van der Waals surface area contributed by atoms with Crippen LogP contribution in [0.5, 0.6) is 5.75 Å². The highest BCUT2D eigenvalue weighted by Gasteiger charge is 2.23. The minimum Gasteiger partial charge on any atom is -0.494 e. The molecule has 1 saturated heterocycles. The van der Waals surface area contributed by atoms with Crippen LogP contribution < -0.4 is 15.4 Å². The van der Waals surface area contributed by atoms with Crippen molar-refractivity contribution >= 4 is 46.3 Å². The molecule has 0 aromatic heterocycles. The molecule has 2 aromatic rings. The molecule has 30 heavy (non-hydrogen) atoms. The van der Waals surface area contributed by atoms with Crippen molar-refractivity contribution in [3.8, 4) is 5.75 Å². The van der Waals surface area contributed by atoms with E-state index >= 15 is 0 Å². The van der Waals surface area contributed by atoms with Gasteiger partial charge in [0.25, 0.3) is 5.91 Å². The Kier molecular flexibility index (Phi) is 7.82. The highest BCUT2D eigenvalue weighted by atomic mass is 35.5. The number of benzene rings is 2. The van der Waals surface area contributed by atoms with Crippen LogP contribution in [0, 0.1) is 0 Å². The van der Waals surface area contributed by atoms with Gasteiger partial charge >= 0.3 is 0 Å². The first-order valence-electron chi connectivity index (χ1n) is 9.97. The lowest BCUT2D eigenvalue weighted by atomic mass is 10.1. The zero-order valence-corrected chi connectivity index (χ0v) is 18.5. The Morgan fingerprint density at radius 3 is 2.43 bits per heavy atom. The number of ether oxygens (including phenoxy) is 1. The summed E-state index contributed by atoms with van der Waals surface area (Å²) >= 11 is 12.1. The second-order valence-electron chi connectivity index (χ2n) is 7.02. The summed E-state index contributed by atoms with van der Waals surface area (Å²) in [4.78, 5) is 21.1. The van der Waals surface area contributed by atoms with E-state index in [2.05, 4.69) is 16.8 Å². The summed E-state index contributed by atoms with van der Waals surface area (Å²) in [6.07, 6.45) is 0.951. The molecule has 0 spiro atoms. The molecule has 2 N–H and O–H groups in total. The Morgan fingerprint density at radius 1 is 1.13 bits per heavy atom. The van der Waals surface area contributed by atoms with E-state index < -0.39 is 0 Å². The fourth-order valence-electron chi connectivity index (χ4n) is 3.26. The first-order chi connectivity index (χ1) is 14.5. The molecule has 1 aliphatic heterocycles. The maximum atomic E-state index is 12.8. The summed E-state index contributed by atoms with van der Waals surface area (Å²) < 4.78 is 5.58. The van der Waals surface area contributed by atoms with E-state index in [0.717, 1.165) is 17.9 Å². The van der Waals surface area contributed by atoms with Gasteiger partial charge < -0.3 is 20.3 Å². The number of carbonyl (C=O) groups is 1. The molecule has 1 aliphatic rings. The van der Waals surface area contributed by atoms with Crippen molar-refractivity contribution in [1.82, 2.24) is 4.90 Å². The predicted octanol–water partition coefficient (Wildman–Crippen LogP) is 4.32. The minimum absolute atomic E-state index is 0.0315. The molecule has 3 rings (SSSR count). The Bertz CT molecular complexity index is 895. The first kappa shape index (κ1) is 22.2. The number of hydrogen-bond acceptors (Lipinski definition) is 4. The third-order valence-electron chi connectivity index (χ3n) is 4.82.